The van der Waals surface area contributed by atoms with E-state index in [4.69, 9.17) is 4.74 Å². The SMILES string of the molecule is Fc1ncc2[nH]c(OCC3CCCCC3)nc2n1. The molecule has 0 spiro atoms. The number of halogens is 1. The minimum atomic E-state index is -0.771. The molecule has 0 aliphatic heterocycles. The normalized spacial score (nSPS) is 17.2. The maximum absolute atomic E-state index is 12.8. The average Bonchev–Trinajstić information content (AvgIpc) is 2.79. The van der Waals surface area contributed by atoms with Gasteiger partial charge in [0.15, 0.2) is 5.65 Å². The van der Waals surface area contributed by atoms with E-state index in [1.807, 2.05) is 0 Å². The lowest BCUT2D eigenvalue weighted by Crippen LogP contribution is -2.15. The van der Waals surface area contributed by atoms with E-state index < -0.39 is 6.08 Å². The summed E-state index contributed by atoms with van der Waals surface area (Å²) in [6, 6.07) is 0.399. The van der Waals surface area contributed by atoms with Crippen LogP contribution in [0.3, 0.4) is 0 Å². The van der Waals surface area contributed by atoms with Crippen LogP contribution >= 0.6 is 0 Å². The molecule has 0 unspecified atom stereocenters. The third-order valence-electron chi connectivity index (χ3n) is 3.37. The Kier molecular flexibility index (Phi) is 3.08. The molecule has 1 saturated carbocycles. The first-order valence-electron chi connectivity index (χ1n) is 6.32. The summed E-state index contributed by atoms with van der Waals surface area (Å²) in [6.07, 6.45) is 6.93. The lowest BCUT2D eigenvalue weighted by molar-refractivity contribution is 0.198. The molecule has 3 rings (SSSR count). The van der Waals surface area contributed by atoms with Gasteiger partial charge in [-0.1, -0.05) is 19.3 Å². The van der Waals surface area contributed by atoms with E-state index in [0.29, 0.717) is 29.7 Å². The van der Waals surface area contributed by atoms with E-state index in [0.717, 1.165) is 0 Å². The van der Waals surface area contributed by atoms with Crippen LogP contribution in [0.5, 0.6) is 6.01 Å². The maximum atomic E-state index is 12.8. The molecule has 0 bridgehead atoms. The zero-order valence-electron chi connectivity index (χ0n) is 10.0. The van der Waals surface area contributed by atoms with E-state index in [9.17, 15) is 4.39 Å². The van der Waals surface area contributed by atoms with Gasteiger partial charge in [-0.2, -0.15) is 14.4 Å². The minimum absolute atomic E-state index is 0.307. The smallest absolute Gasteiger partial charge is 0.310 e. The van der Waals surface area contributed by atoms with Crippen molar-refractivity contribution in [3.8, 4) is 6.01 Å². The quantitative estimate of drug-likeness (QED) is 0.850. The van der Waals surface area contributed by atoms with E-state index in [1.165, 1.54) is 38.3 Å². The second-order valence-electron chi connectivity index (χ2n) is 4.73. The molecule has 6 heteroatoms. The highest BCUT2D eigenvalue weighted by Crippen LogP contribution is 2.24. The molecule has 1 N–H and O–H groups in total. The Morgan fingerprint density at radius 2 is 2.11 bits per heavy atom. The molecule has 0 saturated heterocycles. The van der Waals surface area contributed by atoms with Crippen molar-refractivity contribution in [3.63, 3.8) is 0 Å². The second-order valence-corrected chi connectivity index (χ2v) is 4.73. The molecule has 0 aromatic carbocycles. The van der Waals surface area contributed by atoms with Crippen molar-refractivity contribution >= 4 is 11.2 Å². The Morgan fingerprint density at radius 3 is 2.94 bits per heavy atom. The van der Waals surface area contributed by atoms with Crippen LogP contribution in [0.25, 0.3) is 11.2 Å². The largest absolute Gasteiger partial charge is 0.464 e. The Bertz CT molecular complexity index is 536. The van der Waals surface area contributed by atoms with Gasteiger partial charge in [-0.25, -0.2) is 4.98 Å². The first kappa shape index (κ1) is 11.4. The van der Waals surface area contributed by atoms with Gasteiger partial charge >= 0.3 is 6.08 Å². The molecular weight excluding hydrogens is 235 g/mol. The second kappa shape index (κ2) is 4.88. The molecule has 1 fully saturated rings. The molecule has 2 heterocycles. The van der Waals surface area contributed by atoms with E-state index in [1.54, 1.807) is 0 Å². The van der Waals surface area contributed by atoms with Crippen molar-refractivity contribution in [3.05, 3.63) is 12.3 Å². The number of fused-ring (bicyclic) bond motifs is 1. The number of aromatic amines is 1. The van der Waals surface area contributed by atoms with Crippen LogP contribution < -0.4 is 4.74 Å². The van der Waals surface area contributed by atoms with Gasteiger partial charge in [0.1, 0.15) is 5.52 Å². The number of hydrogen-bond acceptors (Lipinski definition) is 4. The lowest BCUT2D eigenvalue weighted by atomic mass is 9.90. The van der Waals surface area contributed by atoms with Gasteiger partial charge in [0.25, 0.3) is 6.01 Å². The first-order valence-corrected chi connectivity index (χ1v) is 6.32. The summed E-state index contributed by atoms with van der Waals surface area (Å²) in [5, 5.41) is 0. The standard InChI is InChI=1S/C12H15FN4O/c13-11-14-6-9-10(16-11)17-12(15-9)18-7-8-4-2-1-3-5-8/h6,8H,1-5,7H2,(H,14,15,16,17). The van der Waals surface area contributed by atoms with Crippen LogP contribution in [0.1, 0.15) is 32.1 Å². The predicted octanol–water partition coefficient (Wildman–Crippen LogP) is 2.45. The van der Waals surface area contributed by atoms with Crippen LogP contribution in [0.15, 0.2) is 6.20 Å². The molecule has 0 atom stereocenters. The molecule has 5 nitrogen and oxygen atoms in total. The number of H-pyrrole nitrogens is 1. The van der Waals surface area contributed by atoms with E-state index in [2.05, 4.69) is 19.9 Å². The van der Waals surface area contributed by atoms with Gasteiger partial charge in [-0.05, 0) is 18.8 Å². The van der Waals surface area contributed by atoms with Crippen LogP contribution in [0, 0.1) is 12.0 Å². The van der Waals surface area contributed by atoms with Crippen molar-refractivity contribution in [2.45, 2.75) is 32.1 Å². The molecule has 1 aliphatic rings. The summed E-state index contributed by atoms with van der Waals surface area (Å²) in [5.74, 6) is 0.606. The Labute approximate surface area is 104 Å². The fourth-order valence-corrected chi connectivity index (χ4v) is 2.38. The Hall–Kier alpha value is -1.72. The van der Waals surface area contributed by atoms with Crippen LogP contribution in [0.4, 0.5) is 4.39 Å². The summed E-state index contributed by atoms with van der Waals surface area (Å²) < 4.78 is 18.4. The van der Waals surface area contributed by atoms with Gasteiger partial charge in [-0.15, -0.1) is 0 Å². The van der Waals surface area contributed by atoms with Crippen molar-refractivity contribution in [1.29, 1.82) is 0 Å². The number of aromatic nitrogens is 4. The van der Waals surface area contributed by atoms with Crippen LogP contribution in [-0.2, 0) is 0 Å². The average molecular weight is 250 g/mol. The number of hydrogen-bond donors (Lipinski definition) is 1. The van der Waals surface area contributed by atoms with E-state index in [-0.39, 0.29) is 0 Å². The van der Waals surface area contributed by atoms with Gasteiger partial charge in [0, 0.05) is 0 Å². The Balaban J connectivity index is 1.67. The topological polar surface area (TPSA) is 63.7 Å². The zero-order chi connectivity index (χ0) is 12.4. The minimum Gasteiger partial charge on any atom is -0.464 e. The van der Waals surface area contributed by atoms with Gasteiger partial charge in [0.05, 0.1) is 12.8 Å². The Morgan fingerprint density at radius 1 is 1.28 bits per heavy atom. The molecule has 2 aromatic rings. The van der Waals surface area contributed by atoms with Crippen LogP contribution in [0.2, 0.25) is 0 Å². The van der Waals surface area contributed by atoms with Crippen molar-refractivity contribution in [2.75, 3.05) is 6.61 Å². The number of rotatable bonds is 3. The zero-order valence-corrected chi connectivity index (χ0v) is 10.0. The van der Waals surface area contributed by atoms with Crippen LogP contribution in [-0.4, -0.2) is 26.5 Å². The van der Waals surface area contributed by atoms with Crippen molar-refractivity contribution < 1.29 is 9.13 Å². The molecule has 2 aromatic heterocycles. The summed E-state index contributed by atoms with van der Waals surface area (Å²) in [6.45, 7) is 0.662. The van der Waals surface area contributed by atoms with Gasteiger partial charge < -0.3 is 9.72 Å². The third kappa shape index (κ3) is 2.42. The summed E-state index contributed by atoms with van der Waals surface area (Å²) >= 11 is 0. The monoisotopic (exact) mass is 250 g/mol. The highest BCUT2D eigenvalue weighted by Gasteiger charge is 2.15. The fraction of sp³-hybridized carbons (Fsp3) is 0.583. The molecule has 0 amide bonds. The maximum Gasteiger partial charge on any atom is 0.310 e. The molecule has 18 heavy (non-hydrogen) atoms. The first-order chi connectivity index (χ1) is 8.81. The number of nitrogens with zero attached hydrogens (tertiary/aromatic N) is 3. The number of ether oxygens (including phenoxy) is 1. The van der Waals surface area contributed by atoms with Crippen molar-refractivity contribution in [2.24, 2.45) is 5.92 Å². The lowest BCUT2D eigenvalue weighted by Gasteiger charge is -2.20. The summed E-state index contributed by atoms with van der Waals surface area (Å²) in [4.78, 5) is 14.1. The van der Waals surface area contributed by atoms with Gasteiger partial charge in [0.2, 0.25) is 0 Å². The van der Waals surface area contributed by atoms with E-state index >= 15 is 0 Å². The predicted molar refractivity (Wildman–Crippen MR) is 63.7 cm³/mol. The summed E-state index contributed by atoms with van der Waals surface area (Å²) in [7, 11) is 0. The molecule has 96 valence electrons. The highest BCUT2D eigenvalue weighted by atomic mass is 19.1. The molecular formula is C12H15FN4O. The number of nitrogens with one attached hydrogen (secondary N) is 1. The highest BCUT2D eigenvalue weighted by molar-refractivity contribution is 5.69. The van der Waals surface area contributed by atoms with Crippen molar-refractivity contribution in [1.82, 2.24) is 19.9 Å². The summed E-state index contributed by atoms with van der Waals surface area (Å²) in [5.41, 5.74) is 0.899. The molecule has 1 aliphatic carbocycles. The fourth-order valence-electron chi connectivity index (χ4n) is 2.38. The number of imidazole rings is 1. The molecule has 0 radical (unpaired) electrons. The van der Waals surface area contributed by atoms with Gasteiger partial charge in [-0.3, -0.25) is 0 Å². The third-order valence-corrected chi connectivity index (χ3v) is 3.37.